The Kier molecular flexibility index (Phi) is 7.46. The molecule has 0 unspecified atom stereocenters. The average Bonchev–Trinajstić information content (AvgIpc) is 2.58. The van der Waals surface area contributed by atoms with Gasteiger partial charge in [-0.15, -0.1) is 0 Å². The van der Waals surface area contributed by atoms with E-state index in [-0.39, 0.29) is 31.7 Å². The number of carbonyl (C=O) groups is 1. The third-order valence-corrected chi connectivity index (χ3v) is 4.06. The number of nitrogens with two attached hydrogens (primary N) is 1. The SMILES string of the molecule is N#CCCN(CCC#N)C(=O)COc1ccc(S(N)(=O)=O)cc1[N+](=O)[O-]. The second-order valence-corrected chi connectivity index (χ2v) is 6.48. The monoisotopic (exact) mass is 381 g/mol. The summed E-state index contributed by atoms with van der Waals surface area (Å²) in [5, 5.41) is 33.2. The van der Waals surface area contributed by atoms with Gasteiger partial charge in [-0.05, 0) is 12.1 Å². The number of nitrogens with zero attached hydrogens (tertiary/aromatic N) is 4. The van der Waals surface area contributed by atoms with E-state index in [9.17, 15) is 23.3 Å². The molecule has 0 atom stereocenters. The predicted molar refractivity (Wildman–Crippen MR) is 87.0 cm³/mol. The van der Waals surface area contributed by atoms with Crippen molar-refractivity contribution in [3.8, 4) is 17.9 Å². The minimum Gasteiger partial charge on any atom is -0.477 e. The molecule has 0 aliphatic rings. The van der Waals surface area contributed by atoms with Crippen molar-refractivity contribution in [2.24, 2.45) is 5.14 Å². The lowest BCUT2D eigenvalue weighted by Gasteiger charge is -2.20. The van der Waals surface area contributed by atoms with Gasteiger partial charge in [-0.3, -0.25) is 14.9 Å². The second kappa shape index (κ2) is 9.31. The van der Waals surface area contributed by atoms with E-state index < -0.39 is 38.0 Å². The summed E-state index contributed by atoms with van der Waals surface area (Å²) in [5.74, 6) is -0.878. The van der Waals surface area contributed by atoms with Crippen LogP contribution in [-0.4, -0.2) is 43.8 Å². The van der Waals surface area contributed by atoms with Gasteiger partial charge >= 0.3 is 5.69 Å². The number of rotatable bonds is 9. The summed E-state index contributed by atoms with van der Waals surface area (Å²) in [7, 11) is -4.14. The Morgan fingerprint density at radius 2 is 1.85 bits per heavy atom. The van der Waals surface area contributed by atoms with Crippen LogP contribution in [0.1, 0.15) is 12.8 Å². The summed E-state index contributed by atoms with van der Waals surface area (Å²) < 4.78 is 27.7. The van der Waals surface area contributed by atoms with Crippen molar-refractivity contribution in [1.29, 1.82) is 10.5 Å². The molecule has 0 bridgehead atoms. The molecule has 1 aromatic carbocycles. The maximum Gasteiger partial charge on any atom is 0.312 e. The first kappa shape index (κ1) is 20.8. The molecule has 0 aliphatic carbocycles. The molecule has 0 aliphatic heterocycles. The number of hydrogen-bond donors (Lipinski definition) is 1. The van der Waals surface area contributed by atoms with Crippen LogP contribution < -0.4 is 9.88 Å². The first-order chi connectivity index (χ1) is 12.2. The lowest BCUT2D eigenvalue weighted by molar-refractivity contribution is -0.386. The lowest BCUT2D eigenvalue weighted by atomic mass is 10.3. The molecule has 0 saturated heterocycles. The molecule has 0 fully saturated rings. The van der Waals surface area contributed by atoms with Crippen molar-refractivity contribution in [1.82, 2.24) is 4.90 Å². The first-order valence-corrected chi connectivity index (χ1v) is 8.71. The molecule has 11 nitrogen and oxygen atoms in total. The number of ether oxygens (including phenoxy) is 1. The summed E-state index contributed by atoms with van der Waals surface area (Å²) >= 11 is 0. The van der Waals surface area contributed by atoms with E-state index in [2.05, 4.69) is 0 Å². The van der Waals surface area contributed by atoms with Gasteiger partial charge < -0.3 is 9.64 Å². The fourth-order valence-electron chi connectivity index (χ4n) is 1.90. The highest BCUT2D eigenvalue weighted by atomic mass is 32.2. The second-order valence-electron chi connectivity index (χ2n) is 4.92. The van der Waals surface area contributed by atoms with Crippen molar-refractivity contribution < 1.29 is 22.9 Å². The molecule has 0 heterocycles. The quantitative estimate of drug-likeness (QED) is 0.467. The molecule has 0 aromatic heterocycles. The Morgan fingerprint density at radius 3 is 2.31 bits per heavy atom. The minimum atomic E-state index is -4.14. The zero-order chi connectivity index (χ0) is 19.7. The maximum atomic E-state index is 12.1. The molecule has 0 radical (unpaired) electrons. The van der Waals surface area contributed by atoms with Crippen LogP contribution in [0.3, 0.4) is 0 Å². The van der Waals surface area contributed by atoms with Crippen molar-refractivity contribution in [3.63, 3.8) is 0 Å². The number of sulfonamides is 1. The van der Waals surface area contributed by atoms with E-state index in [1.165, 1.54) is 4.90 Å². The van der Waals surface area contributed by atoms with Gasteiger partial charge in [0.2, 0.25) is 10.0 Å². The highest BCUT2D eigenvalue weighted by molar-refractivity contribution is 7.89. The van der Waals surface area contributed by atoms with Gasteiger partial charge in [-0.2, -0.15) is 10.5 Å². The average molecular weight is 381 g/mol. The van der Waals surface area contributed by atoms with E-state index in [0.29, 0.717) is 0 Å². The molecule has 26 heavy (non-hydrogen) atoms. The van der Waals surface area contributed by atoms with E-state index >= 15 is 0 Å². The first-order valence-electron chi connectivity index (χ1n) is 7.16. The number of hydrogen-bond acceptors (Lipinski definition) is 8. The fraction of sp³-hybridized carbons (Fsp3) is 0.357. The zero-order valence-corrected chi connectivity index (χ0v) is 14.3. The van der Waals surface area contributed by atoms with Gasteiger partial charge in [0.25, 0.3) is 5.91 Å². The van der Waals surface area contributed by atoms with Crippen molar-refractivity contribution in [3.05, 3.63) is 28.3 Å². The van der Waals surface area contributed by atoms with Crippen molar-refractivity contribution >= 4 is 21.6 Å². The van der Waals surface area contributed by atoms with E-state index in [1.807, 2.05) is 12.1 Å². The number of primary sulfonamides is 1. The summed E-state index contributed by atoms with van der Waals surface area (Å²) in [6.07, 6.45) is 0.112. The van der Waals surface area contributed by atoms with Crippen molar-refractivity contribution in [2.75, 3.05) is 19.7 Å². The number of nitro benzene ring substituents is 1. The number of carbonyl (C=O) groups excluding carboxylic acids is 1. The molecular weight excluding hydrogens is 366 g/mol. The number of benzene rings is 1. The van der Waals surface area contributed by atoms with Crippen LogP contribution in [0.15, 0.2) is 23.1 Å². The van der Waals surface area contributed by atoms with Gasteiger partial charge in [0.1, 0.15) is 0 Å². The Balaban J connectivity index is 2.94. The summed E-state index contributed by atoms with van der Waals surface area (Å²) in [6.45, 7) is -0.397. The number of amides is 1. The maximum absolute atomic E-state index is 12.1. The largest absolute Gasteiger partial charge is 0.477 e. The van der Waals surface area contributed by atoms with Crippen LogP contribution in [0, 0.1) is 32.8 Å². The molecule has 12 heteroatoms. The third kappa shape index (κ3) is 6.01. The van der Waals surface area contributed by atoms with Crippen molar-refractivity contribution in [2.45, 2.75) is 17.7 Å². The Labute approximate surface area is 149 Å². The smallest absolute Gasteiger partial charge is 0.312 e. The highest BCUT2D eigenvalue weighted by Crippen LogP contribution is 2.29. The Hall–Kier alpha value is -3.22. The van der Waals surface area contributed by atoms with Crippen LogP contribution in [0.4, 0.5) is 5.69 Å². The third-order valence-electron chi connectivity index (χ3n) is 3.15. The topological polar surface area (TPSA) is 180 Å². The summed E-state index contributed by atoms with van der Waals surface area (Å²) in [5.41, 5.74) is -0.662. The van der Waals surface area contributed by atoms with Gasteiger partial charge in [0, 0.05) is 19.2 Å². The molecular formula is C14H15N5O6S. The molecule has 0 saturated carbocycles. The van der Waals surface area contributed by atoms with Crippen LogP contribution in [0.5, 0.6) is 5.75 Å². The van der Waals surface area contributed by atoms with E-state index in [4.69, 9.17) is 20.4 Å². The van der Waals surface area contributed by atoms with Crippen LogP contribution in [0.2, 0.25) is 0 Å². The van der Waals surface area contributed by atoms with Gasteiger partial charge in [-0.1, -0.05) is 0 Å². The lowest BCUT2D eigenvalue weighted by Crippen LogP contribution is -2.36. The normalized spacial score (nSPS) is 10.4. The predicted octanol–water partition coefficient (Wildman–Crippen LogP) is 0.277. The highest BCUT2D eigenvalue weighted by Gasteiger charge is 2.22. The van der Waals surface area contributed by atoms with Gasteiger partial charge in [0.05, 0.1) is 34.8 Å². The van der Waals surface area contributed by atoms with Crippen LogP contribution >= 0.6 is 0 Å². The number of nitriles is 2. The Morgan fingerprint density at radius 1 is 1.27 bits per heavy atom. The minimum absolute atomic E-state index is 0.0559. The molecule has 2 N–H and O–H groups in total. The Bertz CT molecular complexity index is 853. The molecule has 0 spiro atoms. The molecule has 1 rings (SSSR count). The standard InChI is InChI=1S/C14H15N5O6S/c15-5-1-7-18(8-2-6-16)14(20)10-25-13-4-3-11(26(17,23)24)9-12(13)19(21)22/h3-4,9H,1-2,7-8,10H2,(H2,17,23,24). The van der Waals surface area contributed by atoms with Gasteiger partial charge in [0.15, 0.2) is 12.4 Å². The fourth-order valence-corrected chi connectivity index (χ4v) is 2.43. The summed E-state index contributed by atoms with van der Waals surface area (Å²) in [4.78, 5) is 23.1. The van der Waals surface area contributed by atoms with E-state index in [0.717, 1.165) is 18.2 Å². The molecule has 1 amide bonds. The zero-order valence-electron chi connectivity index (χ0n) is 13.5. The van der Waals surface area contributed by atoms with E-state index in [1.54, 1.807) is 0 Å². The number of nitro groups is 1. The van der Waals surface area contributed by atoms with Gasteiger partial charge in [-0.25, -0.2) is 13.6 Å². The van der Waals surface area contributed by atoms with Crippen LogP contribution in [0.25, 0.3) is 0 Å². The molecule has 1 aromatic rings. The summed E-state index contributed by atoms with van der Waals surface area (Å²) in [6, 6.07) is 6.53. The van der Waals surface area contributed by atoms with Crippen LogP contribution in [-0.2, 0) is 14.8 Å². The molecule has 138 valence electrons.